The van der Waals surface area contributed by atoms with Crippen LogP contribution in [-0.2, 0) is 0 Å². The summed E-state index contributed by atoms with van der Waals surface area (Å²) in [5.74, 6) is 0. The standard InChI is InChI=1S/C44H26N2S2/c1-3-13-41-33(7-1)35-9-5-11-37(43(35)47-41)39-21-19-31(25-45-39)29-17-15-28-24-30(18-16-27(28)23-29)32-20-22-40(46-26-32)38-12-6-10-36-34-8-2-4-14-42(34)48-44(36)38/h1-26H. The number of benzene rings is 6. The maximum atomic E-state index is 4.94. The fourth-order valence-electron chi connectivity index (χ4n) is 6.95. The first-order valence-electron chi connectivity index (χ1n) is 16.0. The van der Waals surface area contributed by atoms with Crippen molar-refractivity contribution >= 4 is 73.8 Å². The maximum absolute atomic E-state index is 4.94. The number of aromatic nitrogens is 2. The number of fused-ring (bicyclic) bond motifs is 7. The summed E-state index contributed by atoms with van der Waals surface area (Å²) in [6.45, 7) is 0. The van der Waals surface area contributed by atoms with Crippen molar-refractivity contribution in [2.75, 3.05) is 0 Å². The summed E-state index contributed by atoms with van der Waals surface area (Å²) in [4.78, 5) is 9.87. The summed E-state index contributed by atoms with van der Waals surface area (Å²) in [7, 11) is 0. The second kappa shape index (κ2) is 11.0. The summed E-state index contributed by atoms with van der Waals surface area (Å²) in [6.07, 6.45) is 4.01. The molecule has 0 aliphatic carbocycles. The fraction of sp³-hybridized carbons (Fsp3) is 0. The van der Waals surface area contributed by atoms with Crippen LogP contribution in [0.4, 0.5) is 0 Å². The van der Waals surface area contributed by atoms with Crippen LogP contribution in [0.15, 0.2) is 158 Å². The molecule has 0 fully saturated rings. The Kier molecular flexibility index (Phi) is 6.26. The average Bonchev–Trinajstić information content (AvgIpc) is 3.73. The quantitative estimate of drug-likeness (QED) is 0.190. The third-order valence-electron chi connectivity index (χ3n) is 9.39. The first kappa shape index (κ1) is 27.4. The molecule has 6 aromatic carbocycles. The molecule has 10 aromatic rings. The van der Waals surface area contributed by atoms with Crippen molar-refractivity contribution in [1.29, 1.82) is 0 Å². The van der Waals surface area contributed by atoms with Crippen LogP contribution in [0, 0.1) is 0 Å². The summed E-state index contributed by atoms with van der Waals surface area (Å²) in [5, 5.41) is 7.62. The zero-order valence-corrected chi connectivity index (χ0v) is 27.4. The lowest BCUT2D eigenvalue weighted by Crippen LogP contribution is -1.87. The van der Waals surface area contributed by atoms with Crippen molar-refractivity contribution in [2.24, 2.45) is 0 Å². The first-order valence-corrected chi connectivity index (χ1v) is 17.7. The molecule has 48 heavy (non-hydrogen) atoms. The van der Waals surface area contributed by atoms with Gasteiger partial charge in [0.15, 0.2) is 0 Å². The molecule has 0 radical (unpaired) electrons. The van der Waals surface area contributed by atoms with Gasteiger partial charge in [-0.1, -0.05) is 109 Å². The van der Waals surface area contributed by atoms with Crippen LogP contribution in [0.25, 0.3) is 95.9 Å². The minimum Gasteiger partial charge on any atom is -0.256 e. The van der Waals surface area contributed by atoms with Crippen LogP contribution in [0.3, 0.4) is 0 Å². The molecule has 4 heteroatoms. The zero-order chi connectivity index (χ0) is 31.6. The van der Waals surface area contributed by atoms with E-state index in [9.17, 15) is 0 Å². The Morgan fingerprint density at radius 3 is 1.25 bits per heavy atom. The van der Waals surface area contributed by atoms with Crippen molar-refractivity contribution in [3.05, 3.63) is 158 Å². The van der Waals surface area contributed by atoms with E-state index in [1.807, 2.05) is 35.1 Å². The van der Waals surface area contributed by atoms with Gasteiger partial charge in [-0.3, -0.25) is 9.97 Å². The number of rotatable bonds is 4. The third kappa shape index (κ3) is 4.45. The number of hydrogen-bond donors (Lipinski definition) is 0. The van der Waals surface area contributed by atoms with Gasteiger partial charge in [-0.05, 0) is 58.3 Å². The highest BCUT2D eigenvalue weighted by Crippen LogP contribution is 2.41. The van der Waals surface area contributed by atoms with E-state index in [1.165, 1.54) is 62.2 Å². The van der Waals surface area contributed by atoms with Crippen LogP contribution < -0.4 is 0 Å². The molecule has 0 saturated heterocycles. The summed E-state index contributed by atoms with van der Waals surface area (Å²) < 4.78 is 5.20. The predicted molar refractivity (Wildman–Crippen MR) is 207 cm³/mol. The van der Waals surface area contributed by atoms with Gasteiger partial charge < -0.3 is 0 Å². The van der Waals surface area contributed by atoms with E-state index in [0.717, 1.165) is 33.6 Å². The molecule has 0 atom stereocenters. The Hall–Kier alpha value is -5.68. The number of thiophene rings is 2. The Morgan fingerprint density at radius 2 is 0.792 bits per heavy atom. The van der Waals surface area contributed by atoms with Gasteiger partial charge in [0.1, 0.15) is 0 Å². The van der Waals surface area contributed by atoms with Crippen LogP contribution in [0.2, 0.25) is 0 Å². The zero-order valence-electron chi connectivity index (χ0n) is 25.7. The molecule has 224 valence electrons. The van der Waals surface area contributed by atoms with E-state index in [-0.39, 0.29) is 0 Å². The van der Waals surface area contributed by atoms with E-state index in [4.69, 9.17) is 9.97 Å². The topological polar surface area (TPSA) is 25.8 Å². The summed E-state index contributed by atoms with van der Waals surface area (Å²) in [5.41, 5.74) is 8.93. The monoisotopic (exact) mass is 646 g/mol. The Morgan fingerprint density at radius 1 is 0.354 bits per heavy atom. The maximum Gasteiger partial charge on any atom is 0.0716 e. The highest BCUT2D eigenvalue weighted by Gasteiger charge is 2.13. The summed E-state index contributed by atoms with van der Waals surface area (Å²) >= 11 is 3.68. The molecule has 0 spiro atoms. The minimum atomic E-state index is 1.00. The van der Waals surface area contributed by atoms with Crippen LogP contribution >= 0.6 is 22.7 Å². The third-order valence-corrected chi connectivity index (χ3v) is 11.8. The van der Waals surface area contributed by atoms with Gasteiger partial charge in [-0.2, -0.15) is 0 Å². The van der Waals surface area contributed by atoms with E-state index in [2.05, 4.69) is 146 Å². The smallest absolute Gasteiger partial charge is 0.0716 e. The second-order valence-corrected chi connectivity index (χ2v) is 14.3. The molecule has 0 aliphatic rings. The average molecular weight is 647 g/mol. The number of pyridine rings is 2. The van der Waals surface area contributed by atoms with Crippen LogP contribution in [0.1, 0.15) is 0 Å². The molecule has 0 N–H and O–H groups in total. The van der Waals surface area contributed by atoms with Gasteiger partial charge in [0.05, 0.1) is 11.4 Å². The first-order chi connectivity index (χ1) is 23.8. The molecule has 0 saturated carbocycles. The van der Waals surface area contributed by atoms with Gasteiger partial charge in [0.25, 0.3) is 0 Å². The molecule has 4 aromatic heterocycles. The lowest BCUT2D eigenvalue weighted by atomic mass is 9.98. The summed E-state index contributed by atoms with van der Waals surface area (Å²) in [6, 6.07) is 52.4. The molecular weight excluding hydrogens is 621 g/mol. The van der Waals surface area contributed by atoms with Gasteiger partial charge >= 0.3 is 0 Å². The lowest BCUT2D eigenvalue weighted by molar-refractivity contribution is 1.33. The minimum absolute atomic E-state index is 1.00. The van der Waals surface area contributed by atoms with E-state index in [0.29, 0.717) is 0 Å². The van der Waals surface area contributed by atoms with Crippen molar-refractivity contribution in [3.63, 3.8) is 0 Å². The highest BCUT2D eigenvalue weighted by atomic mass is 32.1. The molecule has 0 amide bonds. The normalized spacial score (nSPS) is 11.8. The van der Waals surface area contributed by atoms with Crippen molar-refractivity contribution < 1.29 is 0 Å². The second-order valence-electron chi connectivity index (χ2n) is 12.2. The molecule has 4 heterocycles. The van der Waals surface area contributed by atoms with E-state index >= 15 is 0 Å². The van der Waals surface area contributed by atoms with Crippen molar-refractivity contribution in [3.8, 4) is 44.8 Å². The number of hydrogen-bond acceptors (Lipinski definition) is 4. The van der Waals surface area contributed by atoms with E-state index in [1.54, 1.807) is 0 Å². The van der Waals surface area contributed by atoms with Crippen LogP contribution in [0.5, 0.6) is 0 Å². The highest BCUT2D eigenvalue weighted by molar-refractivity contribution is 7.26. The molecule has 0 aliphatic heterocycles. The fourth-order valence-corrected chi connectivity index (χ4v) is 9.40. The Labute approximate surface area is 285 Å². The lowest BCUT2D eigenvalue weighted by Gasteiger charge is -2.09. The molecular formula is C44H26N2S2. The van der Waals surface area contributed by atoms with Gasteiger partial charge in [0, 0.05) is 75.0 Å². The SMILES string of the molecule is c1ccc2c(c1)sc1c(-c3ccc(-c4ccc5cc(-c6ccc(-c7cccc8c7sc7ccccc78)nc6)ccc5c4)cn3)cccc12. The van der Waals surface area contributed by atoms with Crippen molar-refractivity contribution in [2.45, 2.75) is 0 Å². The molecule has 10 rings (SSSR count). The Balaban J connectivity index is 0.935. The largest absolute Gasteiger partial charge is 0.256 e. The van der Waals surface area contributed by atoms with Gasteiger partial charge in [-0.25, -0.2) is 0 Å². The molecule has 2 nitrogen and oxygen atoms in total. The van der Waals surface area contributed by atoms with Crippen molar-refractivity contribution in [1.82, 2.24) is 9.97 Å². The molecule has 0 unspecified atom stereocenters. The molecule has 0 bridgehead atoms. The van der Waals surface area contributed by atoms with E-state index < -0.39 is 0 Å². The Bertz CT molecular complexity index is 2630. The van der Waals surface area contributed by atoms with Gasteiger partial charge in [-0.15, -0.1) is 22.7 Å². The predicted octanol–water partition coefficient (Wildman–Crippen LogP) is 13.0. The van der Waals surface area contributed by atoms with Gasteiger partial charge in [0.2, 0.25) is 0 Å². The van der Waals surface area contributed by atoms with Crippen LogP contribution in [-0.4, -0.2) is 9.97 Å². The number of nitrogens with zero attached hydrogens (tertiary/aromatic N) is 2.